The van der Waals surface area contributed by atoms with Crippen LogP contribution in [0.2, 0.25) is 5.02 Å². The van der Waals surface area contributed by atoms with Gasteiger partial charge >= 0.3 is 5.69 Å². The van der Waals surface area contributed by atoms with Crippen molar-refractivity contribution in [2.45, 2.75) is 6.92 Å². The van der Waals surface area contributed by atoms with E-state index < -0.39 is 17.4 Å². The molecular weight excluding hydrogens is 342 g/mol. The van der Waals surface area contributed by atoms with E-state index in [1.165, 1.54) is 29.7 Å². The number of nitro benzene ring substituents is 1. The molecule has 1 heterocycles. The number of hydrogen-bond donors (Lipinski definition) is 1. The number of hydrazone groups is 1. The molecule has 2 aromatic rings. The van der Waals surface area contributed by atoms with Crippen molar-refractivity contribution in [3.8, 4) is 5.75 Å². The highest BCUT2D eigenvalue weighted by molar-refractivity contribution is 7.13. The van der Waals surface area contributed by atoms with Crippen molar-refractivity contribution in [2.24, 2.45) is 5.10 Å². The molecule has 0 aliphatic carbocycles. The monoisotopic (exact) mass is 353 g/mol. The Labute approximate surface area is 140 Å². The number of nitro groups is 1. The van der Waals surface area contributed by atoms with E-state index in [1.807, 2.05) is 19.1 Å². The average Bonchev–Trinajstić information content (AvgIpc) is 2.91. The lowest BCUT2D eigenvalue weighted by atomic mass is 10.3. The molecule has 7 nitrogen and oxygen atoms in total. The van der Waals surface area contributed by atoms with Gasteiger partial charge in [-0.2, -0.15) is 5.10 Å². The first-order chi connectivity index (χ1) is 11.0. The Morgan fingerprint density at radius 3 is 2.91 bits per heavy atom. The second-order valence-electron chi connectivity index (χ2n) is 4.40. The molecular formula is C14H12ClN3O4S. The van der Waals surface area contributed by atoms with Gasteiger partial charge in [0.1, 0.15) is 0 Å². The Balaban J connectivity index is 1.89. The molecule has 2 rings (SSSR count). The van der Waals surface area contributed by atoms with E-state index >= 15 is 0 Å². The third kappa shape index (κ3) is 5.04. The molecule has 23 heavy (non-hydrogen) atoms. The topological polar surface area (TPSA) is 93.8 Å². The summed E-state index contributed by atoms with van der Waals surface area (Å²) in [5.41, 5.74) is 1.98. The number of halogens is 1. The Hall–Kier alpha value is -2.45. The van der Waals surface area contributed by atoms with Crippen LogP contribution in [0.4, 0.5) is 5.69 Å². The Morgan fingerprint density at radius 1 is 1.48 bits per heavy atom. The van der Waals surface area contributed by atoms with Gasteiger partial charge < -0.3 is 4.74 Å². The molecule has 0 aliphatic rings. The summed E-state index contributed by atoms with van der Waals surface area (Å²) in [6.07, 6.45) is 1.51. The van der Waals surface area contributed by atoms with Gasteiger partial charge in [-0.3, -0.25) is 14.9 Å². The third-order valence-electron chi connectivity index (χ3n) is 2.62. The van der Waals surface area contributed by atoms with Crippen molar-refractivity contribution in [3.05, 3.63) is 55.2 Å². The molecule has 0 bridgehead atoms. The van der Waals surface area contributed by atoms with Crippen molar-refractivity contribution < 1.29 is 14.5 Å². The maximum absolute atomic E-state index is 11.6. The largest absolute Gasteiger partial charge is 0.477 e. The van der Waals surface area contributed by atoms with Crippen LogP contribution in [0.15, 0.2) is 35.4 Å². The molecule has 0 aliphatic heterocycles. The first-order valence-electron chi connectivity index (χ1n) is 6.41. The predicted octanol–water partition coefficient (Wildman–Crippen LogP) is 3.15. The zero-order valence-electron chi connectivity index (χ0n) is 12.0. The quantitative estimate of drug-likeness (QED) is 0.490. The standard InChI is InChI=1S/C14H12ClN3O4S/c1-9-2-4-11(23-9)7-16-17-14(19)8-22-13-5-3-10(15)6-12(13)18(20)21/h2-7H,8H2,1H3,(H,17,19). The minimum Gasteiger partial charge on any atom is -0.477 e. The summed E-state index contributed by atoms with van der Waals surface area (Å²) in [5, 5.41) is 14.9. The maximum Gasteiger partial charge on any atom is 0.312 e. The summed E-state index contributed by atoms with van der Waals surface area (Å²) in [7, 11) is 0. The lowest BCUT2D eigenvalue weighted by Crippen LogP contribution is -2.24. The normalized spacial score (nSPS) is 10.7. The number of rotatable bonds is 6. The van der Waals surface area contributed by atoms with E-state index in [9.17, 15) is 14.9 Å². The summed E-state index contributed by atoms with van der Waals surface area (Å²) < 4.78 is 5.14. The molecule has 0 saturated heterocycles. The van der Waals surface area contributed by atoms with Crippen LogP contribution in [0.25, 0.3) is 0 Å². The SMILES string of the molecule is Cc1ccc(C=NNC(=O)COc2ccc(Cl)cc2[N+](=O)[O-])s1. The number of thiophene rings is 1. The molecule has 0 atom stereocenters. The third-order valence-corrected chi connectivity index (χ3v) is 3.79. The fraction of sp³-hybridized carbons (Fsp3) is 0.143. The van der Waals surface area contributed by atoms with Gasteiger partial charge in [-0.1, -0.05) is 11.6 Å². The summed E-state index contributed by atoms with van der Waals surface area (Å²) in [4.78, 5) is 23.9. The van der Waals surface area contributed by atoms with Crippen molar-refractivity contribution >= 4 is 40.7 Å². The number of hydrogen-bond acceptors (Lipinski definition) is 6. The van der Waals surface area contributed by atoms with Gasteiger partial charge in [-0.15, -0.1) is 11.3 Å². The van der Waals surface area contributed by atoms with Crippen LogP contribution in [0.3, 0.4) is 0 Å². The van der Waals surface area contributed by atoms with Gasteiger partial charge in [0.05, 0.1) is 11.1 Å². The number of carbonyl (C=O) groups excluding carboxylic acids is 1. The molecule has 0 saturated carbocycles. The highest BCUT2D eigenvalue weighted by Crippen LogP contribution is 2.29. The Morgan fingerprint density at radius 2 is 2.26 bits per heavy atom. The van der Waals surface area contributed by atoms with Crippen molar-refractivity contribution in [1.29, 1.82) is 0 Å². The van der Waals surface area contributed by atoms with Crippen LogP contribution >= 0.6 is 22.9 Å². The molecule has 1 aromatic heterocycles. The molecule has 1 amide bonds. The van der Waals surface area contributed by atoms with E-state index in [1.54, 1.807) is 0 Å². The summed E-state index contributed by atoms with van der Waals surface area (Å²) in [5.74, 6) is -0.564. The first kappa shape index (κ1) is 16.9. The minimum absolute atomic E-state index is 0.0348. The van der Waals surface area contributed by atoms with Crippen molar-refractivity contribution in [1.82, 2.24) is 5.43 Å². The zero-order chi connectivity index (χ0) is 16.8. The summed E-state index contributed by atoms with van der Waals surface area (Å²) >= 11 is 7.23. The van der Waals surface area contributed by atoms with Gasteiger partial charge in [-0.25, -0.2) is 5.43 Å². The van der Waals surface area contributed by atoms with E-state index in [0.717, 1.165) is 15.8 Å². The number of benzene rings is 1. The highest BCUT2D eigenvalue weighted by atomic mass is 35.5. The fourth-order valence-electron chi connectivity index (χ4n) is 1.62. The molecule has 1 N–H and O–H groups in total. The van der Waals surface area contributed by atoms with Gasteiger partial charge in [0.2, 0.25) is 0 Å². The van der Waals surface area contributed by atoms with Crippen LogP contribution in [0, 0.1) is 17.0 Å². The van der Waals surface area contributed by atoms with Crippen LogP contribution in [-0.4, -0.2) is 23.7 Å². The molecule has 0 fully saturated rings. The zero-order valence-corrected chi connectivity index (χ0v) is 13.6. The van der Waals surface area contributed by atoms with Gasteiger partial charge in [0.15, 0.2) is 12.4 Å². The van der Waals surface area contributed by atoms with Crippen LogP contribution < -0.4 is 10.2 Å². The van der Waals surface area contributed by atoms with E-state index in [4.69, 9.17) is 16.3 Å². The van der Waals surface area contributed by atoms with E-state index in [-0.39, 0.29) is 16.5 Å². The maximum atomic E-state index is 11.6. The summed E-state index contributed by atoms with van der Waals surface area (Å²) in [6, 6.07) is 7.76. The number of nitrogens with zero attached hydrogens (tertiary/aromatic N) is 2. The number of ether oxygens (including phenoxy) is 1. The van der Waals surface area contributed by atoms with Crippen molar-refractivity contribution in [2.75, 3.05) is 6.61 Å². The van der Waals surface area contributed by atoms with Crippen LogP contribution in [0.1, 0.15) is 9.75 Å². The first-order valence-corrected chi connectivity index (χ1v) is 7.60. The van der Waals surface area contributed by atoms with Crippen LogP contribution in [-0.2, 0) is 4.79 Å². The Bertz CT molecular complexity index is 760. The van der Waals surface area contributed by atoms with Gasteiger partial charge in [0, 0.05) is 20.8 Å². The van der Waals surface area contributed by atoms with Crippen molar-refractivity contribution in [3.63, 3.8) is 0 Å². The number of aryl methyl sites for hydroxylation is 1. The van der Waals surface area contributed by atoms with E-state index in [2.05, 4.69) is 10.5 Å². The highest BCUT2D eigenvalue weighted by Gasteiger charge is 2.16. The second kappa shape index (κ2) is 7.70. The van der Waals surface area contributed by atoms with Gasteiger partial charge in [-0.05, 0) is 31.2 Å². The lowest BCUT2D eigenvalue weighted by Gasteiger charge is -2.05. The molecule has 0 unspecified atom stereocenters. The Kier molecular flexibility index (Phi) is 5.67. The molecule has 0 radical (unpaired) electrons. The average molecular weight is 354 g/mol. The molecule has 120 valence electrons. The molecule has 0 spiro atoms. The second-order valence-corrected chi connectivity index (χ2v) is 6.16. The number of nitrogens with one attached hydrogen (secondary N) is 1. The molecule has 1 aromatic carbocycles. The van der Waals surface area contributed by atoms with Gasteiger partial charge in [0.25, 0.3) is 5.91 Å². The molecule has 9 heteroatoms. The minimum atomic E-state index is -0.629. The number of amides is 1. The fourth-order valence-corrected chi connectivity index (χ4v) is 2.54. The number of carbonyl (C=O) groups is 1. The smallest absolute Gasteiger partial charge is 0.312 e. The summed E-state index contributed by atoms with van der Waals surface area (Å²) in [6.45, 7) is 1.57. The predicted molar refractivity (Wildman–Crippen MR) is 88.4 cm³/mol. The lowest BCUT2D eigenvalue weighted by molar-refractivity contribution is -0.385. The van der Waals surface area contributed by atoms with Crippen LogP contribution in [0.5, 0.6) is 5.75 Å². The van der Waals surface area contributed by atoms with E-state index in [0.29, 0.717) is 0 Å².